The molecule has 13 heavy (non-hydrogen) atoms. The van der Waals surface area contributed by atoms with E-state index in [1.165, 1.54) is 0 Å². The predicted octanol–water partition coefficient (Wildman–Crippen LogP) is 1.69. The Labute approximate surface area is 88.5 Å². The van der Waals surface area contributed by atoms with Crippen molar-refractivity contribution in [2.75, 3.05) is 4.66 Å². The zero-order valence-corrected chi connectivity index (χ0v) is 10.4. The van der Waals surface area contributed by atoms with Crippen molar-refractivity contribution in [2.24, 2.45) is 11.8 Å². The summed E-state index contributed by atoms with van der Waals surface area (Å²) >= 11 is 2.96. The molecule has 0 saturated heterocycles. The molecule has 1 aliphatic carbocycles. The fraction of sp³-hybridized carbons (Fsp3) is 1.00. The highest BCUT2D eigenvalue weighted by atomic mass is 79.9. The summed E-state index contributed by atoms with van der Waals surface area (Å²) in [4.78, 5) is 0. The molecule has 0 heterocycles. The van der Waals surface area contributed by atoms with Crippen LogP contribution in [0.1, 0.15) is 26.7 Å². The van der Waals surface area contributed by atoms with Gasteiger partial charge >= 0.3 is 0 Å². The molecule has 0 aromatic rings. The number of sulfonamides is 1. The first-order valence-electron chi connectivity index (χ1n) is 4.52. The normalized spacial score (nSPS) is 35.2. The van der Waals surface area contributed by atoms with Gasteiger partial charge < -0.3 is 0 Å². The Hall–Kier alpha value is 0.390. The maximum atomic E-state index is 11.2. The van der Waals surface area contributed by atoms with Crippen molar-refractivity contribution in [1.29, 1.82) is 0 Å². The zero-order chi connectivity index (χ0) is 10.1. The second kappa shape index (κ2) is 4.28. The molecule has 5 heteroatoms. The van der Waals surface area contributed by atoms with Crippen molar-refractivity contribution in [3.05, 3.63) is 0 Å². The van der Waals surface area contributed by atoms with Crippen molar-refractivity contribution in [3.63, 3.8) is 0 Å². The first-order valence-corrected chi connectivity index (χ1v) is 7.29. The van der Waals surface area contributed by atoms with Crippen LogP contribution in [-0.2, 0) is 10.0 Å². The topological polar surface area (TPSA) is 46.2 Å². The SMILES string of the molecule is CC1CCC(NS(=O)(=O)CBr)C1C. The van der Waals surface area contributed by atoms with Gasteiger partial charge in [-0.05, 0) is 24.7 Å². The average molecular weight is 270 g/mol. The molecule has 1 saturated carbocycles. The van der Waals surface area contributed by atoms with Gasteiger partial charge in [-0.15, -0.1) is 0 Å². The quantitative estimate of drug-likeness (QED) is 0.793. The van der Waals surface area contributed by atoms with E-state index in [4.69, 9.17) is 0 Å². The third-order valence-corrected chi connectivity index (χ3v) is 5.70. The third-order valence-electron chi connectivity index (χ3n) is 2.94. The number of hydrogen-bond acceptors (Lipinski definition) is 2. The fourth-order valence-corrected chi connectivity index (χ4v) is 3.05. The van der Waals surface area contributed by atoms with Gasteiger partial charge in [-0.25, -0.2) is 13.1 Å². The lowest BCUT2D eigenvalue weighted by Crippen LogP contribution is -2.37. The van der Waals surface area contributed by atoms with Gasteiger partial charge in [0, 0.05) is 6.04 Å². The van der Waals surface area contributed by atoms with E-state index < -0.39 is 10.0 Å². The van der Waals surface area contributed by atoms with Crippen molar-refractivity contribution in [1.82, 2.24) is 4.72 Å². The molecule has 0 bridgehead atoms. The van der Waals surface area contributed by atoms with Crippen LogP contribution in [0.5, 0.6) is 0 Å². The molecule has 3 nitrogen and oxygen atoms in total. The van der Waals surface area contributed by atoms with E-state index in [-0.39, 0.29) is 10.7 Å². The van der Waals surface area contributed by atoms with Crippen molar-refractivity contribution < 1.29 is 8.42 Å². The van der Waals surface area contributed by atoms with Crippen LogP contribution in [0.2, 0.25) is 0 Å². The summed E-state index contributed by atoms with van der Waals surface area (Å²) in [7, 11) is -3.09. The van der Waals surface area contributed by atoms with E-state index in [0.717, 1.165) is 12.8 Å². The number of alkyl halides is 1. The first-order chi connectivity index (χ1) is 5.96. The van der Waals surface area contributed by atoms with E-state index in [9.17, 15) is 8.42 Å². The average Bonchev–Trinajstić information content (AvgIpc) is 2.36. The summed E-state index contributed by atoms with van der Waals surface area (Å²) in [5.41, 5.74) is 0. The van der Waals surface area contributed by atoms with Gasteiger partial charge in [0.05, 0.1) is 0 Å². The number of nitrogens with one attached hydrogen (secondary N) is 1. The molecule has 0 aromatic carbocycles. The monoisotopic (exact) mass is 269 g/mol. The number of hydrogen-bond donors (Lipinski definition) is 1. The molecule has 3 atom stereocenters. The first kappa shape index (κ1) is 11.5. The molecule has 3 unspecified atom stereocenters. The largest absolute Gasteiger partial charge is 0.221 e. The van der Waals surface area contributed by atoms with Gasteiger partial charge in [0.15, 0.2) is 0 Å². The standard InChI is InChI=1S/C8H16BrNO2S/c1-6-3-4-8(7(6)2)10-13(11,12)5-9/h6-8,10H,3-5H2,1-2H3. The van der Waals surface area contributed by atoms with E-state index in [1.54, 1.807) is 0 Å². The van der Waals surface area contributed by atoms with Gasteiger partial charge in [0.25, 0.3) is 0 Å². The molecule has 1 fully saturated rings. The lowest BCUT2D eigenvalue weighted by atomic mass is 9.98. The molecule has 1 rings (SSSR count). The Morgan fingerprint density at radius 3 is 2.38 bits per heavy atom. The van der Waals surface area contributed by atoms with Gasteiger partial charge in [-0.1, -0.05) is 29.8 Å². The summed E-state index contributed by atoms with van der Waals surface area (Å²) < 4.78 is 25.2. The predicted molar refractivity (Wildman–Crippen MR) is 57.2 cm³/mol. The van der Waals surface area contributed by atoms with E-state index in [1.807, 2.05) is 0 Å². The molecule has 1 aliphatic rings. The Kier molecular flexibility index (Phi) is 3.77. The van der Waals surface area contributed by atoms with Crippen molar-refractivity contribution >= 4 is 26.0 Å². The van der Waals surface area contributed by atoms with E-state index >= 15 is 0 Å². The number of halogens is 1. The van der Waals surface area contributed by atoms with Crippen LogP contribution >= 0.6 is 15.9 Å². The fourth-order valence-electron chi connectivity index (χ4n) is 1.79. The molecular formula is C8H16BrNO2S. The summed E-state index contributed by atoms with van der Waals surface area (Å²) in [6, 6.07) is 0.137. The smallest absolute Gasteiger partial charge is 0.212 e. The minimum atomic E-state index is -3.09. The van der Waals surface area contributed by atoms with Crippen LogP contribution in [0, 0.1) is 11.8 Å². The summed E-state index contributed by atoms with van der Waals surface area (Å²) in [6.07, 6.45) is 2.09. The lowest BCUT2D eigenvalue weighted by molar-refractivity contribution is 0.402. The second-order valence-corrected chi connectivity index (χ2v) is 6.92. The van der Waals surface area contributed by atoms with Crippen molar-refractivity contribution in [2.45, 2.75) is 32.7 Å². The van der Waals surface area contributed by atoms with Gasteiger partial charge in [-0.3, -0.25) is 0 Å². The van der Waals surface area contributed by atoms with Crippen LogP contribution < -0.4 is 4.72 Å². The molecule has 0 amide bonds. The maximum Gasteiger partial charge on any atom is 0.221 e. The summed E-state index contributed by atoms with van der Waals surface area (Å²) in [5, 5.41) is 0. The second-order valence-electron chi connectivity index (χ2n) is 3.86. The summed E-state index contributed by atoms with van der Waals surface area (Å²) in [5.74, 6) is 1.08. The number of rotatable bonds is 3. The van der Waals surface area contributed by atoms with Crippen LogP contribution in [0.3, 0.4) is 0 Å². The van der Waals surface area contributed by atoms with E-state index in [2.05, 4.69) is 34.5 Å². The highest BCUT2D eigenvalue weighted by molar-refractivity contribution is 9.10. The molecule has 0 aliphatic heterocycles. The Morgan fingerprint density at radius 1 is 1.38 bits per heavy atom. The van der Waals surface area contributed by atoms with Crippen LogP contribution in [0.4, 0.5) is 0 Å². The molecule has 0 aromatic heterocycles. The lowest BCUT2D eigenvalue weighted by Gasteiger charge is -2.18. The maximum absolute atomic E-state index is 11.2. The van der Waals surface area contributed by atoms with Gasteiger partial charge in [0.2, 0.25) is 10.0 Å². The molecule has 78 valence electrons. The highest BCUT2D eigenvalue weighted by Gasteiger charge is 2.31. The minimum absolute atomic E-state index is 0.00238. The molecule has 0 spiro atoms. The van der Waals surface area contributed by atoms with Crippen LogP contribution in [-0.4, -0.2) is 19.1 Å². The van der Waals surface area contributed by atoms with Crippen LogP contribution in [0.15, 0.2) is 0 Å². The zero-order valence-electron chi connectivity index (χ0n) is 7.96. The molecular weight excluding hydrogens is 254 g/mol. The van der Waals surface area contributed by atoms with Gasteiger partial charge in [0.1, 0.15) is 4.66 Å². The minimum Gasteiger partial charge on any atom is -0.212 e. The third kappa shape index (κ3) is 2.92. The highest BCUT2D eigenvalue weighted by Crippen LogP contribution is 2.31. The summed E-state index contributed by atoms with van der Waals surface area (Å²) in [6.45, 7) is 4.28. The molecule has 0 radical (unpaired) electrons. The van der Waals surface area contributed by atoms with E-state index in [0.29, 0.717) is 11.8 Å². The Balaban J connectivity index is 2.56. The van der Waals surface area contributed by atoms with Crippen LogP contribution in [0.25, 0.3) is 0 Å². The Morgan fingerprint density at radius 2 is 2.00 bits per heavy atom. The molecule has 1 N–H and O–H groups in total. The van der Waals surface area contributed by atoms with Crippen molar-refractivity contribution in [3.8, 4) is 0 Å². The Bertz CT molecular complexity index is 265. The van der Waals surface area contributed by atoms with Gasteiger partial charge in [-0.2, -0.15) is 0 Å².